The number of hydrogen-bond donors (Lipinski definition) is 1. The molecular weight excluding hydrogens is 238 g/mol. The Hall–Kier alpha value is -0.630. The Morgan fingerprint density at radius 1 is 1.37 bits per heavy atom. The Kier molecular flexibility index (Phi) is 5.20. The molecule has 2 rings (SSSR count). The second-order valence-corrected chi connectivity index (χ2v) is 6.19. The Bertz CT molecular complexity index is 320. The lowest BCUT2D eigenvalue weighted by molar-refractivity contribution is 0.103. The molecule has 19 heavy (non-hydrogen) atoms. The van der Waals surface area contributed by atoms with Gasteiger partial charge in [-0.15, -0.1) is 0 Å². The van der Waals surface area contributed by atoms with E-state index >= 15 is 0 Å². The number of nitriles is 1. The van der Waals surface area contributed by atoms with Crippen LogP contribution in [0, 0.1) is 11.3 Å². The summed E-state index contributed by atoms with van der Waals surface area (Å²) in [7, 11) is 0. The van der Waals surface area contributed by atoms with Gasteiger partial charge < -0.3 is 9.64 Å². The molecule has 2 fully saturated rings. The fourth-order valence-electron chi connectivity index (χ4n) is 3.11. The molecule has 0 bridgehead atoms. The highest BCUT2D eigenvalue weighted by Crippen LogP contribution is 2.23. The maximum atomic E-state index is 9.59. The van der Waals surface area contributed by atoms with Crippen LogP contribution in [0.15, 0.2) is 0 Å². The average Bonchev–Trinajstić information content (AvgIpc) is 2.82. The molecule has 0 amide bonds. The van der Waals surface area contributed by atoms with Crippen molar-refractivity contribution in [1.29, 1.82) is 5.26 Å². The number of ether oxygens (including phenoxy) is 1. The van der Waals surface area contributed by atoms with Gasteiger partial charge >= 0.3 is 0 Å². The van der Waals surface area contributed by atoms with Crippen LogP contribution in [0.5, 0.6) is 0 Å². The largest absolute Gasteiger partial charge is 0.377 e. The lowest BCUT2D eigenvalue weighted by Crippen LogP contribution is -2.47. The van der Waals surface area contributed by atoms with Crippen molar-refractivity contribution in [1.82, 2.24) is 10.2 Å². The average molecular weight is 265 g/mol. The van der Waals surface area contributed by atoms with Gasteiger partial charge in [-0.05, 0) is 52.5 Å². The van der Waals surface area contributed by atoms with Gasteiger partial charge in [0.1, 0.15) is 5.54 Å². The van der Waals surface area contributed by atoms with Crippen molar-refractivity contribution in [2.45, 2.75) is 63.6 Å². The van der Waals surface area contributed by atoms with Crippen LogP contribution in [-0.2, 0) is 4.74 Å². The summed E-state index contributed by atoms with van der Waals surface area (Å²) in [5, 5.41) is 13.1. The Morgan fingerprint density at radius 3 is 2.84 bits per heavy atom. The SMILES string of the molecule is CC(C)N1CCCC(C#N)(NCC2CCCO2)CC1. The number of hydrogen-bond acceptors (Lipinski definition) is 4. The van der Waals surface area contributed by atoms with Crippen LogP contribution in [0.2, 0.25) is 0 Å². The highest BCUT2D eigenvalue weighted by molar-refractivity contribution is 5.08. The molecule has 0 aromatic rings. The van der Waals surface area contributed by atoms with E-state index in [2.05, 4.69) is 30.1 Å². The summed E-state index contributed by atoms with van der Waals surface area (Å²) in [6, 6.07) is 3.12. The zero-order valence-electron chi connectivity index (χ0n) is 12.3. The van der Waals surface area contributed by atoms with Crippen LogP contribution in [-0.4, -0.2) is 48.8 Å². The van der Waals surface area contributed by atoms with Gasteiger partial charge in [-0.2, -0.15) is 5.26 Å². The smallest absolute Gasteiger partial charge is 0.108 e. The fraction of sp³-hybridized carbons (Fsp3) is 0.933. The van der Waals surface area contributed by atoms with E-state index in [-0.39, 0.29) is 5.54 Å². The van der Waals surface area contributed by atoms with Gasteiger partial charge in [0, 0.05) is 25.7 Å². The first-order valence-electron chi connectivity index (χ1n) is 7.67. The predicted octanol–water partition coefficient (Wildman–Crippen LogP) is 1.91. The number of likely N-dealkylation sites (tertiary alicyclic amines) is 1. The van der Waals surface area contributed by atoms with E-state index in [1.807, 2.05) is 0 Å². The van der Waals surface area contributed by atoms with E-state index in [0.29, 0.717) is 12.1 Å². The van der Waals surface area contributed by atoms with Gasteiger partial charge in [0.05, 0.1) is 12.2 Å². The Labute approximate surface area is 117 Å². The van der Waals surface area contributed by atoms with Crippen molar-refractivity contribution >= 4 is 0 Å². The van der Waals surface area contributed by atoms with Crippen molar-refractivity contribution in [3.05, 3.63) is 0 Å². The number of nitrogens with zero attached hydrogens (tertiary/aromatic N) is 2. The summed E-state index contributed by atoms with van der Waals surface area (Å²) in [4.78, 5) is 2.48. The first-order chi connectivity index (χ1) is 9.15. The molecule has 4 nitrogen and oxygen atoms in total. The summed E-state index contributed by atoms with van der Waals surface area (Å²) >= 11 is 0. The van der Waals surface area contributed by atoms with Crippen LogP contribution in [0.3, 0.4) is 0 Å². The van der Waals surface area contributed by atoms with Crippen molar-refractivity contribution in [3.63, 3.8) is 0 Å². The molecular formula is C15H27N3O. The van der Waals surface area contributed by atoms with Gasteiger partial charge in [0.2, 0.25) is 0 Å². The molecule has 4 heteroatoms. The lowest BCUT2D eigenvalue weighted by atomic mass is 9.92. The maximum Gasteiger partial charge on any atom is 0.108 e. The van der Waals surface area contributed by atoms with E-state index in [0.717, 1.165) is 58.3 Å². The molecule has 2 unspecified atom stereocenters. The quantitative estimate of drug-likeness (QED) is 0.843. The fourth-order valence-corrected chi connectivity index (χ4v) is 3.11. The minimum Gasteiger partial charge on any atom is -0.377 e. The van der Waals surface area contributed by atoms with Crippen LogP contribution >= 0.6 is 0 Å². The highest BCUT2D eigenvalue weighted by Gasteiger charge is 2.33. The standard InChI is InChI=1S/C15H27N3O/c1-13(2)18-8-4-6-15(12-16,7-9-18)17-11-14-5-3-10-19-14/h13-14,17H,3-11H2,1-2H3. The summed E-state index contributed by atoms with van der Waals surface area (Å²) in [6.45, 7) is 8.31. The molecule has 2 atom stereocenters. The van der Waals surface area contributed by atoms with Crippen LogP contribution in [0.4, 0.5) is 0 Å². The third-order valence-corrected chi connectivity index (χ3v) is 4.51. The molecule has 0 aliphatic carbocycles. The normalized spacial score (nSPS) is 33.3. The zero-order chi connectivity index (χ0) is 13.7. The molecule has 2 aliphatic heterocycles. The van der Waals surface area contributed by atoms with E-state index in [1.165, 1.54) is 0 Å². The summed E-state index contributed by atoms with van der Waals surface area (Å²) in [5.74, 6) is 0. The Balaban J connectivity index is 1.88. The number of rotatable bonds is 4. The number of nitrogens with one attached hydrogen (secondary N) is 1. The van der Waals surface area contributed by atoms with Crippen LogP contribution in [0.1, 0.15) is 46.0 Å². The Morgan fingerprint density at radius 2 is 2.21 bits per heavy atom. The second-order valence-electron chi connectivity index (χ2n) is 6.19. The van der Waals surface area contributed by atoms with Crippen LogP contribution < -0.4 is 5.32 Å². The third kappa shape index (κ3) is 3.92. The summed E-state index contributed by atoms with van der Waals surface area (Å²) in [6.07, 6.45) is 5.59. The molecule has 2 heterocycles. The predicted molar refractivity (Wildman–Crippen MR) is 75.9 cm³/mol. The van der Waals surface area contributed by atoms with E-state index in [9.17, 15) is 5.26 Å². The zero-order valence-corrected chi connectivity index (χ0v) is 12.3. The molecule has 2 aliphatic rings. The van der Waals surface area contributed by atoms with Crippen molar-refractivity contribution < 1.29 is 4.74 Å². The lowest BCUT2D eigenvalue weighted by Gasteiger charge is -2.29. The monoisotopic (exact) mass is 265 g/mol. The third-order valence-electron chi connectivity index (χ3n) is 4.51. The molecule has 0 spiro atoms. The first-order valence-corrected chi connectivity index (χ1v) is 7.67. The van der Waals surface area contributed by atoms with Crippen molar-refractivity contribution in [3.8, 4) is 6.07 Å². The molecule has 0 aromatic heterocycles. The van der Waals surface area contributed by atoms with Gasteiger partial charge in [-0.25, -0.2) is 0 Å². The first kappa shape index (κ1) is 14.8. The molecule has 0 radical (unpaired) electrons. The van der Waals surface area contributed by atoms with E-state index < -0.39 is 0 Å². The van der Waals surface area contributed by atoms with Gasteiger partial charge in [0.15, 0.2) is 0 Å². The molecule has 0 aromatic carbocycles. The molecule has 108 valence electrons. The molecule has 2 saturated heterocycles. The topological polar surface area (TPSA) is 48.3 Å². The summed E-state index contributed by atoms with van der Waals surface area (Å²) in [5.41, 5.74) is -0.338. The van der Waals surface area contributed by atoms with Gasteiger partial charge in [-0.3, -0.25) is 5.32 Å². The van der Waals surface area contributed by atoms with Crippen molar-refractivity contribution in [2.24, 2.45) is 0 Å². The highest BCUT2D eigenvalue weighted by atomic mass is 16.5. The molecule has 0 saturated carbocycles. The van der Waals surface area contributed by atoms with Crippen molar-refractivity contribution in [2.75, 3.05) is 26.2 Å². The van der Waals surface area contributed by atoms with E-state index in [4.69, 9.17) is 4.74 Å². The van der Waals surface area contributed by atoms with Gasteiger partial charge in [0.25, 0.3) is 0 Å². The van der Waals surface area contributed by atoms with Gasteiger partial charge in [-0.1, -0.05) is 0 Å². The van der Waals surface area contributed by atoms with Crippen LogP contribution in [0.25, 0.3) is 0 Å². The minimum absolute atomic E-state index is 0.315. The molecule has 1 N–H and O–H groups in total. The maximum absolute atomic E-state index is 9.59. The van der Waals surface area contributed by atoms with E-state index in [1.54, 1.807) is 0 Å². The summed E-state index contributed by atoms with van der Waals surface area (Å²) < 4.78 is 5.64. The second kappa shape index (κ2) is 6.69. The minimum atomic E-state index is -0.338.